The minimum atomic E-state index is -3.66. The molecule has 0 saturated heterocycles. The molecule has 152 valence electrons. The highest BCUT2D eigenvalue weighted by atomic mass is 32.2. The van der Waals surface area contributed by atoms with Gasteiger partial charge in [0.15, 0.2) is 0 Å². The molecule has 0 unspecified atom stereocenters. The molecular weight excluding hydrogens is 418 g/mol. The summed E-state index contributed by atoms with van der Waals surface area (Å²) in [5.74, 6) is 0.0754. The van der Waals surface area contributed by atoms with Crippen LogP contribution in [0.4, 0.5) is 8.78 Å². The van der Waals surface area contributed by atoms with E-state index in [-0.39, 0.29) is 12.3 Å². The number of allylic oxidation sites excluding steroid dienone is 1. The van der Waals surface area contributed by atoms with Gasteiger partial charge in [-0.2, -0.15) is 13.1 Å². The highest BCUT2D eigenvalue weighted by molar-refractivity contribution is 7.93. The van der Waals surface area contributed by atoms with Crippen molar-refractivity contribution in [2.24, 2.45) is 0 Å². The van der Waals surface area contributed by atoms with E-state index >= 15 is 0 Å². The third kappa shape index (κ3) is 4.17. The SMILES string of the molecule is CN(Cc1nc2ccccc2s1)S(=O)(=O)C1=Cc2ccc(OC(F)F)cc2CC1. The van der Waals surface area contributed by atoms with Gasteiger partial charge in [0.2, 0.25) is 10.0 Å². The Morgan fingerprint density at radius 1 is 1.21 bits per heavy atom. The van der Waals surface area contributed by atoms with Crippen LogP contribution in [0.1, 0.15) is 22.6 Å². The van der Waals surface area contributed by atoms with Crippen LogP contribution in [0.5, 0.6) is 5.75 Å². The number of halogens is 2. The van der Waals surface area contributed by atoms with Crippen molar-refractivity contribution < 1.29 is 21.9 Å². The maximum absolute atomic E-state index is 13.0. The summed E-state index contributed by atoms with van der Waals surface area (Å²) in [6, 6.07) is 12.2. The zero-order valence-corrected chi connectivity index (χ0v) is 17.1. The molecule has 0 N–H and O–H groups in total. The molecule has 1 aromatic heterocycles. The van der Waals surface area contributed by atoms with E-state index in [0.717, 1.165) is 20.8 Å². The Balaban J connectivity index is 1.55. The van der Waals surface area contributed by atoms with Crippen molar-refractivity contribution in [1.82, 2.24) is 9.29 Å². The molecule has 2 aromatic carbocycles. The highest BCUT2D eigenvalue weighted by Gasteiger charge is 2.27. The number of sulfonamides is 1. The highest BCUT2D eigenvalue weighted by Crippen LogP contribution is 2.32. The molecule has 0 aliphatic heterocycles. The van der Waals surface area contributed by atoms with Crippen molar-refractivity contribution in [3.05, 3.63) is 63.5 Å². The first kappa shape index (κ1) is 19.9. The summed E-state index contributed by atoms with van der Waals surface area (Å²) in [7, 11) is -2.12. The van der Waals surface area contributed by atoms with Crippen LogP contribution in [-0.2, 0) is 23.0 Å². The molecule has 0 saturated carbocycles. The van der Waals surface area contributed by atoms with Crippen LogP contribution in [0.3, 0.4) is 0 Å². The molecular formula is C20H18F2N2O3S2. The Hall–Kier alpha value is -2.36. The maximum atomic E-state index is 13.0. The number of thiazole rings is 1. The van der Waals surface area contributed by atoms with Gasteiger partial charge in [-0.25, -0.2) is 13.4 Å². The zero-order valence-electron chi connectivity index (χ0n) is 15.5. The summed E-state index contributed by atoms with van der Waals surface area (Å²) in [4.78, 5) is 4.80. The normalized spacial score (nSPS) is 14.3. The number of nitrogens with zero attached hydrogens (tertiary/aromatic N) is 2. The quantitative estimate of drug-likeness (QED) is 0.565. The van der Waals surface area contributed by atoms with Gasteiger partial charge < -0.3 is 4.74 Å². The monoisotopic (exact) mass is 436 g/mol. The summed E-state index contributed by atoms with van der Waals surface area (Å²) in [5, 5.41) is 0.725. The smallest absolute Gasteiger partial charge is 0.387 e. The molecule has 4 rings (SSSR count). The topological polar surface area (TPSA) is 59.5 Å². The van der Waals surface area contributed by atoms with Crippen LogP contribution in [0.15, 0.2) is 47.4 Å². The van der Waals surface area contributed by atoms with Crippen molar-refractivity contribution in [3.8, 4) is 5.75 Å². The van der Waals surface area contributed by atoms with Crippen LogP contribution >= 0.6 is 11.3 Å². The maximum Gasteiger partial charge on any atom is 0.387 e. The van der Waals surface area contributed by atoms with Gasteiger partial charge in [0, 0.05) is 7.05 Å². The van der Waals surface area contributed by atoms with E-state index in [1.165, 1.54) is 34.8 Å². The lowest BCUT2D eigenvalue weighted by molar-refractivity contribution is -0.0498. The molecule has 0 fully saturated rings. The van der Waals surface area contributed by atoms with Crippen LogP contribution < -0.4 is 4.74 Å². The number of aromatic nitrogens is 1. The van der Waals surface area contributed by atoms with Gasteiger partial charge in [0.05, 0.1) is 21.7 Å². The molecule has 29 heavy (non-hydrogen) atoms. The lowest BCUT2D eigenvalue weighted by atomic mass is 9.97. The van der Waals surface area contributed by atoms with E-state index < -0.39 is 16.6 Å². The van der Waals surface area contributed by atoms with Crippen LogP contribution in [-0.4, -0.2) is 31.4 Å². The number of benzene rings is 2. The average molecular weight is 437 g/mol. The minimum absolute atomic E-state index is 0.0754. The molecule has 0 spiro atoms. The molecule has 0 radical (unpaired) electrons. The van der Waals surface area contributed by atoms with Gasteiger partial charge in [-0.05, 0) is 54.3 Å². The average Bonchev–Trinajstić information content (AvgIpc) is 3.09. The summed E-state index contributed by atoms with van der Waals surface area (Å²) < 4.78 is 57.6. The van der Waals surface area contributed by atoms with Crippen LogP contribution in [0.2, 0.25) is 0 Å². The first-order valence-corrected chi connectivity index (χ1v) is 11.2. The third-order valence-corrected chi connectivity index (χ3v) is 7.69. The number of fused-ring (bicyclic) bond motifs is 2. The molecule has 0 bridgehead atoms. The van der Waals surface area contributed by atoms with Crippen molar-refractivity contribution in [3.63, 3.8) is 0 Å². The van der Waals surface area contributed by atoms with E-state index in [1.807, 2.05) is 24.3 Å². The first-order valence-electron chi connectivity index (χ1n) is 8.92. The summed E-state index contributed by atoms with van der Waals surface area (Å²) >= 11 is 1.47. The number of aryl methyl sites for hydroxylation is 1. The zero-order chi connectivity index (χ0) is 20.6. The van der Waals surface area contributed by atoms with E-state index in [0.29, 0.717) is 23.3 Å². The second kappa shape index (κ2) is 7.81. The molecule has 0 atom stereocenters. The van der Waals surface area contributed by atoms with Crippen molar-refractivity contribution >= 4 is 37.7 Å². The van der Waals surface area contributed by atoms with E-state index in [4.69, 9.17) is 0 Å². The Morgan fingerprint density at radius 3 is 2.76 bits per heavy atom. The summed E-state index contributed by atoms with van der Waals surface area (Å²) in [5.41, 5.74) is 2.34. The van der Waals surface area contributed by atoms with Gasteiger partial charge in [-0.15, -0.1) is 11.3 Å². The van der Waals surface area contributed by atoms with Crippen LogP contribution in [0.25, 0.3) is 16.3 Å². The molecule has 9 heteroatoms. The van der Waals surface area contributed by atoms with Crippen LogP contribution in [0, 0.1) is 0 Å². The number of rotatable bonds is 6. The number of para-hydroxylation sites is 1. The first-order chi connectivity index (χ1) is 13.8. The Morgan fingerprint density at radius 2 is 2.00 bits per heavy atom. The van der Waals surface area contributed by atoms with Gasteiger partial charge in [-0.3, -0.25) is 0 Å². The fourth-order valence-corrected chi connectivity index (χ4v) is 5.72. The lowest BCUT2D eigenvalue weighted by Crippen LogP contribution is -2.28. The molecule has 5 nitrogen and oxygen atoms in total. The number of alkyl halides is 2. The largest absolute Gasteiger partial charge is 0.435 e. The third-order valence-electron chi connectivity index (χ3n) is 4.73. The standard InChI is InChI=1S/C20H18F2N2O3S2/c1-24(12-19-23-17-4-2-3-5-18(17)28-19)29(25,26)16-9-7-13-10-15(27-20(21)22)8-6-14(13)11-16/h2-6,8,10-11,20H,7,9,12H2,1H3. The van der Waals surface area contributed by atoms with Crippen molar-refractivity contribution in [1.29, 1.82) is 0 Å². The van der Waals surface area contributed by atoms with E-state index in [1.54, 1.807) is 12.1 Å². The van der Waals surface area contributed by atoms with Crippen molar-refractivity contribution in [2.45, 2.75) is 26.0 Å². The fraction of sp³-hybridized carbons (Fsp3) is 0.250. The van der Waals surface area contributed by atoms with Gasteiger partial charge in [0.25, 0.3) is 0 Å². The van der Waals surface area contributed by atoms with Gasteiger partial charge in [-0.1, -0.05) is 18.2 Å². The summed E-state index contributed by atoms with van der Waals surface area (Å²) in [6.45, 7) is -2.70. The minimum Gasteiger partial charge on any atom is -0.435 e. The molecule has 3 aromatic rings. The van der Waals surface area contributed by atoms with E-state index in [9.17, 15) is 17.2 Å². The Kier molecular flexibility index (Phi) is 5.37. The number of ether oxygens (including phenoxy) is 1. The predicted octanol–water partition coefficient (Wildman–Crippen LogP) is 4.65. The van der Waals surface area contributed by atoms with Gasteiger partial charge >= 0.3 is 6.61 Å². The number of hydrogen-bond donors (Lipinski definition) is 0. The summed E-state index contributed by atoms with van der Waals surface area (Å²) in [6.07, 6.45) is 2.35. The van der Waals surface area contributed by atoms with Gasteiger partial charge in [0.1, 0.15) is 10.8 Å². The lowest BCUT2D eigenvalue weighted by Gasteiger charge is -2.22. The van der Waals surface area contributed by atoms with E-state index in [2.05, 4.69) is 9.72 Å². The second-order valence-electron chi connectivity index (χ2n) is 6.69. The molecule has 0 amide bonds. The van der Waals surface area contributed by atoms with Crippen molar-refractivity contribution in [2.75, 3.05) is 7.05 Å². The Labute approximate surface area is 171 Å². The number of hydrogen-bond acceptors (Lipinski definition) is 5. The molecule has 1 heterocycles. The fourth-order valence-electron chi connectivity index (χ4n) is 3.29. The molecule has 1 aliphatic rings. The second-order valence-corrected chi connectivity index (χ2v) is 9.90. The predicted molar refractivity (Wildman–Crippen MR) is 109 cm³/mol. The molecule has 1 aliphatic carbocycles. The Bertz CT molecular complexity index is 1160.